The molecule has 0 bridgehead atoms. The van der Waals surface area contributed by atoms with Gasteiger partial charge >= 0.3 is 0 Å². The van der Waals surface area contributed by atoms with Gasteiger partial charge in [0.05, 0.1) is 26.4 Å². The Balaban J connectivity index is 1.56. The molecule has 1 saturated carbocycles. The van der Waals surface area contributed by atoms with Crippen molar-refractivity contribution in [3.05, 3.63) is 11.6 Å². The predicted molar refractivity (Wildman–Crippen MR) is 80.0 cm³/mol. The van der Waals surface area contributed by atoms with Crippen LogP contribution in [0.3, 0.4) is 0 Å². The Morgan fingerprint density at radius 3 is 2.64 bits per heavy atom. The van der Waals surface area contributed by atoms with E-state index in [-0.39, 0.29) is 11.5 Å². The monoisotopic (exact) mass is 307 g/mol. The zero-order valence-electron chi connectivity index (χ0n) is 13.3. The maximum absolute atomic E-state index is 5.79. The third kappa shape index (κ3) is 2.92. The Bertz CT molecular complexity index is 515. The van der Waals surface area contributed by atoms with Gasteiger partial charge in [-0.1, -0.05) is 6.92 Å². The lowest BCUT2D eigenvalue weighted by Crippen LogP contribution is -2.33. The van der Waals surface area contributed by atoms with E-state index in [4.69, 9.17) is 24.3 Å². The Morgan fingerprint density at radius 2 is 1.95 bits per heavy atom. The first-order chi connectivity index (χ1) is 10.7. The van der Waals surface area contributed by atoms with E-state index < -0.39 is 0 Å². The first-order valence-electron chi connectivity index (χ1n) is 8.47. The van der Waals surface area contributed by atoms with Gasteiger partial charge in [0.1, 0.15) is 11.9 Å². The zero-order valence-corrected chi connectivity index (χ0v) is 13.3. The minimum absolute atomic E-state index is 0.0964. The van der Waals surface area contributed by atoms with Crippen LogP contribution in [0, 0.1) is 0 Å². The van der Waals surface area contributed by atoms with Crippen molar-refractivity contribution in [1.29, 1.82) is 0 Å². The van der Waals surface area contributed by atoms with E-state index in [0.717, 1.165) is 44.2 Å². The molecule has 3 fully saturated rings. The van der Waals surface area contributed by atoms with E-state index in [1.54, 1.807) is 0 Å². The summed E-state index contributed by atoms with van der Waals surface area (Å²) in [6.45, 7) is 6.73. The SMILES string of the molecule is CC1(c2nc(C3CCOCC3)nn2C[C@H]2COCCO2)CC1. The lowest BCUT2D eigenvalue weighted by atomic mass is 10.00. The summed E-state index contributed by atoms with van der Waals surface area (Å²) >= 11 is 0. The van der Waals surface area contributed by atoms with Crippen LogP contribution in [-0.2, 0) is 26.2 Å². The highest BCUT2D eigenvalue weighted by Gasteiger charge is 2.44. The molecule has 122 valence electrons. The third-order valence-corrected chi connectivity index (χ3v) is 5.08. The molecule has 0 amide bonds. The molecule has 0 radical (unpaired) electrons. The van der Waals surface area contributed by atoms with Gasteiger partial charge in [0.15, 0.2) is 5.82 Å². The zero-order chi connectivity index (χ0) is 15.0. The van der Waals surface area contributed by atoms with Crippen molar-refractivity contribution in [3.8, 4) is 0 Å². The second kappa shape index (κ2) is 5.91. The van der Waals surface area contributed by atoms with E-state index in [1.165, 1.54) is 12.8 Å². The van der Waals surface area contributed by atoms with Gasteiger partial charge in [0.25, 0.3) is 0 Å². The molecule has 0 aromatic carbocycles. The third-order valence-electron chi connectivity index (χ3n) is 5.08. The second-order valence-corrected chi connectivity index (χ2v) is 6.99. The van der Waals surface area contributed by atoms with E-state index in [9.17, 15) is 0 Å². The minimum Gasteiger partial charge on any atom is -0.381 e. The molecule has 6 heteroatoms. The van der Waals surface area contributed by atoms with Crippen LogP contribution in [0.1, 0.15) is 50.2 Å². The quantitative estimate of drug-likeness (QED) is 0.846. The molecule has 1 aromatic rings. The fraction of sp³-hybridized carbons (Fsp3) is 0.875. The summed E-state index contributed by atoms with van der Waals surface area (Å²) in [5.41, 5.74) is 0.214. The summed E-state index contributed by atoms with van der Waals surface area (Å²) in [7, 11) is 0. The van der Waals surface area contributed by atoms with Crippen molar-refractivity contribution in [2.75, 3.05) is 33.0 Å². The van der Waals surface area contributed by atoms with Crippen molar-refractivity contribution in [1.82, 2.24) is 14.8 Å². The van der Waals surface area contributed by atoms with Crippen molar-refractivity contribution in [3.63, 3.8) is 0 Å². The predicted octanol–water partition coefficient (Wildman–Crippen LogP) is 1.64. The Hall–Kier alpha value is -0.980. The van der Waals surface area contributed by atoms with E-state index in [2.05, 4.69) is 11.6 Å². The van der Waals surface area contributed by atoms with Crippen LogP contribution >= 0.6 is 0 Å². The summed E-state index contributed by atoms with van der Waals surface area (Å²) in [5.74, 6) is 2.59. The van der Waals surface area contributed by atoms with E-state index >= 15 is 0 Å². The maximum Gasteiger partial charge on any atom is 0.154 e. The van der Waals surface area contributed by atoms with Crippen molar-refractivity contribution in [2.45, 2.75) is 56.6 Å². The van der Waals surface area contributed by atoms with Crippen molar-refractivity contribution in [2.24, 2.45) is 0 Å². The Labute approximate surface area is 131 Å². The molecule has 6 nitrogen and oxygen atoms in total. The van der Waals surface area contributed by atoms with Gasteiger partial charge in [-0.25, -0.2) is 9.67 Å². The highest BCUT2D eigenvalue weighted by atomic mass is 16.6. The number of hydrogen-bond acceptors (Lipinski definition) is 5. The topological polar surface area (TPSA) is 58.4 Å². The molecule has 3 aliphatic rings. The molecule has 0 unspecified atom stereocenters. The van der Waals surface area contributed by atoms with Gasteiger partial charge in [-0.15, -0.1) is 0 Å². The highest BCUT2D eigenvalue weighted by Crippen LogP contribution is 2.47. The standard InChI is InChI=1S/C16H25N3O3/c1-16(4-5-16)15-17-14(12-2-6-20-7-3-12)18-19(15)10-13-11-21-8-9-22-13/h12-13H,2-11H2,1H3/t13-/m0/s1. The normalized spacial score (nSPS) is 28.7. The fourth-order valence-corrected chi connectivity index (χ4v) is 3.31. The molecule has 1 aliphatic carbocycles. The Kier molecular flexibility index (Phi) is 3.92. The molecule has 4 rings (SSSR count). The minimum atomic E-state index is 0.0964. The van der Waals surface area contributed by atoms with Crippen LogP contribution in [0.15, 0.2) is 0 Å². The first-order valence-corrected chi connectivity index (χ1v) is 8.47. The van der Waals surface area contributed by atoms with Crippen molar-refractivity contribution < 1.29 is 14.2 Å². The molecule has 1 aromatic heterocycles. The summed E-state index contributed by atoms with van der Waals surface area (Å²) in [5, 5.41) is 4.85. The first kappa shape index (κ1) is 14.6. The smallest absolute Gasteiger partial charge is 0.154 e. The molecule has 2 saturated heterocycles. The molecule has 2 aliphatic heterocycles. The van der Waals surface area contributed by atoms with Crippen LogP contribution in [-0.4, -0.2) is 53.9 Å². The van der Waals surface area contributed by atoms with Crippen LogP contribution < -0.4 is 0 Å². The summed E-state index contributed by atoms with van der Waals surface area (Å²) in [6.07, 6.45) is 4.58. The molecular formula is C16H25N3O3. The molecule has 3 heterocycles. The fourth-order valence-electron chi connectivity index (χ4n) is 3.31. The second-order valence-electron chi connectivity index (χ2n) is 6.99. The van der Waals surface area contributed by atoms with Crippen LogP contribution in [0.5, 0.6) is 0 Å². The largest absolute Gasteiger partial charge is 0.381 e. The van der Waals surface area contributed by atoms with Crippen LogP contribution in [0.4, 0.5) is 0 Å². The average Bonchev–Trinajstić information content (AvgIpc) is 3.16. The summed E-state index contributed by atoms with van der Waals surface area (Å²) < 4.78 is 18.9. The van der Waals surface area contributed by atoms with Gasteiger partial charge in [0.2, 0.25) is 0 Å². The van der Waals surface area contributed by atoms with Crippen molar-refractivity contribution >= 4 is 0 Å². The number of hydrogen-bond donors (Lipinski definition) is 0. The van der Waals surface area contributed by atoms with Crippen LogP contribution in [0.25, 0.3) is 0 Å². The van der Waals surface area contributed by atoms with Gasteiger partial charge < -0.3 is 14.2 Å². The van der Waals surface area contributed by atoms with E-state index in [0.29, 0.717) is 25.7 Å². The summed E-state index contributed by atoms with van der Waals surface area (Å²) in [6, 6.07) is 0. The maximum atomic E-state index is 5.79. The number of nitrogens with zero attached hydrogens (tertiary/aromatic N) is 3. The lowest BCUT2D eigenvalue weighted by Gasteiger charge is -2.23. The highest BCUT2D eigenvalue weighted by molar-refractivity contribution is 5.18. The lowest BCUT2D eigenvalue weighted by molar-refractivity contribution is -0.0950. The number of rotatable bonds is 4. The summed E-state index contributed by atoms with van der Waals surface area (Å²) in [4.78, 5) is 4.93. The average molecular weight is 307 g/mol. The molecule has 1 atom stereocenters. The van der Waals surface area contributed by atoms with Crippen LogP contribution in [0.2, 0.25) is 0 Å². The van der Waals surface area contributed by atoms with Gasteiger partial charge in [0, 0.05) is 24.5 Å². The van der Waals surface area contributed by atoms with Gasteiger partial charge in [-0.2, -0.15) is 5.10 Å². The molecule has 0 spiro atoms. The Morgan fingerprint density at radius 1 is 1.14 bits per heavy atom. The molecular weight excluding hydrogens is 282 g/mol. The van der Waals surface area contributed by atoms with E-state index in [1.807, 2.05) is 0 Å². The molecule has 0 N–H and O–H groups in total. The van der Waals surface area contributed by atoms with Gasteiger partial charge in [-0.3, -0.25) is 0 Å². The number of aromatic nitrogens is 3. The molecule has 22 heavy (non-hydrogen) atoms. The van der Waals surface area contributed by atoms with Gasteiger partial charge in [-0.05, 0) is 25.7 Å². The number of ether oxygens (including phenoxy) is 3.